The molecule has 0 fully saturated rings. The van der Waals surface area contributed by atoms with Crippen molar-refractivity contribution in [1.29, 1.82) is 0 Å². The van der Waals surface area contributed by atoms with E-state index in [0.717, 1.165) is 18.6 Å². The molecule has 1 aliphatic rings. The second-order valence-corrected chi connectivity index (χ2v) is 3.93. The fraction of sp³-hybridized carbons (Fsp3) is 0.500. The smallest absolute Gasteiger partial charge is 0.119 e. The Morgan fingerprint density at radius 2 is 2.20 bits per heavy atom. The molecule has 3 nitrogen and oxygen atoms in total. The number of hydrogen-bond acceptors (Lipinski definition) is 3. The van der Waals surface area contributed by atoms with Crippen molar-refractivity contribution in [2.24, 2.45) is 5.73 Å². The van der Waals surface area contributed by atoms with E-state index in [0.29, 0.717) is 6.54 Å². The lowest BCUT2D eigenvalue weighted by molar-refractivity contribution is -0.00525. The van der Waals surface area contributed by atoms with Crippen molar-refractivity contribution >= 4 is 0 Å². The summed E-state index contributed by atoms with van der Waals surface area (Å²) in [6.45, 7) is 0.518. The van der Waals surface area contributed by atoms with E-state index in [1.165, 1.54) is 11.1 Å². The van der Waals surface area contributed by atoms with Crippen molar-refractivity contribution in [3.8, 4) is 5.75 Å². The van der Waals surface area contributed by atoms with Crippen LogP contribution in [0.15, 0.2) is 18.2 Å². The molecule has 15 heavy (non-hydrogen) atoms. The zero-order valence-corrected chi connectivity index (χ0v) is 9.25. The SMILES string of the molecule is COc1ccc2c(c1)C(CN)(OC)CC2. The van der Waals surface area contributed by atoms with Crippen LogP contribution in [0.1, 0.15) is 17.5 Å². The predicted molar refractivity (Wildman–Crippen MR) is 59.1 cm³/mol. The van der Waals surface area contributed by atoms with Crippen LogP contribution in [0, 0.1) is 0 Å². The maximum atomic E-state index is 5.82. The van der Waals surface area contributed by atoms with Gasteiger partial charge < -0.3 is 15.2 Å². The highest BCUT2D eigenvalue weighted by Gasteiger charge is 2.37. The highest BCUT2D eigenvalue weighted by atomic mass is 16.5. The third kappa shape index (κ3) is 1.52. The zero-order chi connectivity index (χ0) is 10.9. The van der Waals surface area contributed by atoms with Crippen LogP contribution in [0.2, 0.25) is 0 Å². The molecule has 3 heteroatoms. The summed E-state index contributed by atoms with van der Waals surface area (Å²) < 4.78 is 10.8. The van der Waals surface area contributed by atoms with E-state index in [9.17, 15) is 0 Å². The molecule has 0 spiro atoms. The quantitative estimate of drug-likeness (QED) is 0.815. The fourth-order valence-electron chi connectivity index (χ4n) is 2.30. The lowest BCUT2D eigenvalue weighted by Crippen LogP contribution is -2.34. The first kappa shape index (κ1) is 10.5. The molecule has 0 radical (unpaired) electrons. The molecule has 0 saturated heterocycles. The first-order valence-electron chi connectivity index (χ1n) is 5.18. The van der Waals surface area contributed by atoms with Gasteiger partial charge in [0.05, 0.1) is 7.11 Å². The highest BCUT2D eigenvalue weighted by molar-refractivity contribution is 5.43. The van der Waals surface area contributed by atoms with E-state index in [4.69, 9.17) is 15.2 Å². The molecule has 0 saturated carbocycles. The van der Waals surface area contributed by atoms with Crippen molar-refractivity contribution in [1.82, 2.24) is 0 Å². The summed E-state index contributed by atoms with van der Waals surface area (Å²) in [5, 5.41) is 0. The summed E-state index contributed by atoms with van der Waals surface area (Å²) in [6.07, 6.45) is 1.99. The second kappa shape index (κ2) is 3.83. The molecule has 0 aliphatic heterocycles. The summed E-state index contributed by atoms with van der Waals surface area (Å²) in [7, 11) is 3.40. The summed E-state index contributed by atoms with van der Waals surface area (Å²) >= 11 is 0. The van der Waals surface area contributed by atoms with Gasteiger partial charge in [0.1, 0.15) is 11.4 Å². The normalized spacial score (nSPS) is 23.9. The van der Waals surface area contributed by atoms with Gasteiger partial charge in [-0.3, -0.25) is 0 Å². The number of benzene rings is 1. The average Bonchev–Trinajstić information content (AvgIpc) is 2.67. The lowest BCUT2D eigenvalue weighted by atomic mass is 9.95. The molecular weight excluding hydrogens is 190 g/mol. The summed E-state index contributed by atoms with van der Waals surface area (Å²) in [4.78, 5) is 0. The summed E-state index contributed by atoms with van der Waals surface area (Å²) in [5.41, 5.74) is 8.03. The molecular formula is C12H17NO2. The number of ether oxygens (including phenoxy) is 2. The van der Waals surface area contributed by atoms with Gasteiger partial charge in [0, 0.05) is 13.7 Å². The maximum absolute atomic E-state index is 5.82. The first-order chi connectivity index (χ1) is 7.25. The molecule has 82 valence electrons. The van der Waals surface area contributed by atoms with E-state index in [-0.39, 0.29) is 5.60 Å². The Morgan fingerprint density at radius 1 is 1.40 bits per heavy atom. The van der Waals surface area contributed by atoms with Gasteiger partial charge in [0.25, 0.3) is 0 Å². The zero-order valence-electron chi connectivity index (χ0n) is 9.25. The van der Waals surface area contributed by atoms with Gasteiger partial charge in [-0.1, -0.05) is 6.07 Å². The van der Waals surface area contributed by atoms with Crippen LogP contribution >= 0.6 is 0 Å². The molecule has 0 aromatic heterocycles. The van der Waals surface area contributed by atoms with E-state index < -0.39 is 0 Å². The van der Waals surface area contributed by atoms with Gasteiger partial charge in [-0.25, -0.2) is 0 Å². The number of aryl methyl sites for hydroxylation is 1. The van der Waals surface area contributed by atoms with Crippen LogP contribution in [0.5, 0.6) is 5.75 Å². The predicted octanol–water partition coefficient (Wildman–Crippen LogP) is 1.44. The molecule has 1 atom stereocenters. The van der Waals surface area contributed by atoms with Crippen molar-refractivity contribution < 1.29 is 9.47 Å². The third-order valence-electron chi connectivity index (χ3n) is 3.33. The summed E-state index contributed by atoms with van der Waals surface area (Å²) in [5.74, 6) is 0.866. The number of fused-ring (bicyclic) bond motifs is 1. The van der Waals surface area contributed by atoms with Crippen LogP contribution in [-0.4, -0.2) is 20.8 Å². The number of rotatable bonds is 3. The average molecular weight is 207 g/mol. The molecule has 1 aliphatic carbocycles. The lowest BCUT2D eigenvalue weighted by Gasteiger charge is -2.27. The second-order valence-electron chi connectivity index (χ2n) is 3.93. The van der Waals surface area contributed by atoms with Gasteiger partial charge in [-0.05, 0) is 36.1 Å². The topological polar surface area (TPSA) is 44.5 Å². The number of nitrogens with two attached hydrogens (primary N) is 1. The minimum atomic E-state index is -0.302. The largest absolute Gasteiger partial charge is 0.497 e. The van der Waals surface area contributed by atoms with Crippen LogP contribution < -0.4 is 10.5 Å². The number of hydrogen-bond donors (Lipinski definition) is 1. The molecule has 2 rings (SSSR count). The Balaban J connectivity index is 2.47. The molecule has 1 aromatic rings. The Kier molecular flexibility index (Phi) is 2.67. The molecule has 1 unspecified atom stereocenters. The van der Waals surface area contributed by atoms with Crippen LogP contribution in [-0.2, 0) is 16.8 Å². The van der Waals surface area contributed by atoms with Crippen molar-refractivity contribution in [2.45, 2.75) is 18.4 Å². The summed E-state index contributed by atoms with van der Waals surface area (Å²) in [6, 6.07) is 6.13. The van der Waals surface area contributed by atoms with Gasteiger partial charge in [0.2, 0.25) is 0 Å². The molecule has 0 heterocycles. The van der Waals surface area contributed by atoms with Gasteiger partial charge >= 0.3 is 0 Å². The highest BCUT2D eigenvalue weighted by Crippen LogP contribution is 2.40. The van der Waals surface area contributed by atoms with E-state index >= 15 is 0 Å². The third-order valence-corrected chi connectivity index (χ3v) is 3.33. The van der Waals surface area contributed by atoms with Gasteiger partial charge in [-0.15, -0.1) is 0 Å². The monoisotopic (exact) mass is 207 g/mol. The minimum absolute atomic E-state index is 0.302. The van der Waals surface area contributed by atoms with E-state index in [2.05, 4.69) is 6.07 Å². The molecule has 2 N–H and O–H groups in total. The van der Waals surface area contributed by atoms with E-state index in [1.807, 2.05) is 12.1 Å². The van der Waals surface area contributed by atoms with Crippen LogP contribution in [0.25, 0.3) is 0 Å². The molecule has 1 aromatic carbocycles. The van der Waals surface area contributed by atoms with E-state index in [1.54, 1.807) is 14.2 Å². The fourth-order valence-corrected chi connectivity index (χ4v) is 2.30. The Morgan fingerprint density at radius 3 is 2.80 bits per heavy atom. The van der Waals surface area contributed by atoms with Crippen LogP contribution in [0.3, 0.4) is 0 Å². The molecule has 0 amide bonds. The van der Waals surface area contributed by atoms with Gasteiger partial charge in [0.15, 0.2) is 0 Å². The van der Waals surface area contributed by atoms with Crippen molar-refractivity contribution in [3.05, 3.63) is 29.3 Å². The minimum Gasteiger partial charge on any atom is -0.497 e. The standard InChI is InChI=1S/C12H17NO2/c1-14-10-4-3-9-5-6-12(8-13,15-2)11(9)7-10/h3-4,7H,5-6,8,13H2,1-2H3. The van der Waals surface area contributed by atoms with Gasteiger partial charge in [-0.2, -0.15) is 0 Å². The molecule has 0 bridgehead atoms. The maximum Gasteiger partial charge on any atom is 0.119 e. The van der Waals surface area contributed by atoms with Crippen LogP contribution in [0.4, 0.5) is 0 Å². The first-order valence-corrected chi connectivity index (χ1v) is 5.18. The van der Waals surface area contributed by atoms with Crippen molar-refractivity contribution in [3.63, 3.8) is 0 Å². The van der Waals surface area contributed by atoms with Crippen molar-refractivity contribution in [2.75, 3.05) is 20.8 Å². The Bertz CT molecular complexity index is 359. The Hall–Kier alpha value is -1.06. The Labute approximate surface area is 90.2 Å². The number of methoxy groups -OCH3 is 2.